The molecule has 0 amide bonds. The average Bonchev–Trinajstić information content (AvgIpc) is 3.17. The number of benzene rings is 2. The van der Waals surface area contributed by atoms with Gasteiger partial charge < -0.3 is 15.2 Å². The molecule has 2 aromatic rings. The van der Waals surface area contributed by atoms with E-state index < -0.39 is 0 Å². The molecule has 2 N–H and O–H groups in total. The minimum absolute atomic E-state index is 0.257. The van der Waals surface area contributed by atoms with E-state index in [1.54, 1.807) is 0 Å². The molecule has 0 aromatic heterocycles. The number of unbranched alkanes of at least 4 members (excludes halogenated alkanes) is 14. The van der Waals surface area contributed by atoms with Crippen LogP contribution in [0.2, 0.25) is 0 Å². The first kappa shape index (κ1) is 49.3. The van der Waals surface area contributed by atoms with Crippen LogP contribution >= 0.6 is 0 Å². The summed E-state index contributed by atoms with van der Waals surface area (Å²) in [5, 5.41) is 0. The van der Waals surface area contributed by atoms with E-state index in [4.69, 9.17) is 15.2 Å². The van der Waals surface area contributed by atoms with Gasteiger partial charge in [-0.2, -0.15) is 0 Å². The van der Waals surface area contributed by atoms with Crippen molar-refractivity contribution in [3.63, 3.8) is 0 Å². The zero-order valence-corrected chi connectivity index (χ0v) is 37.4. The summed E-state index contributed by atoms with van der Waals surface area (Å²) < 4.78 is 12.2. The third kappa shape index (κ3) is 27.4. The van der Waals surface area contributed by atoms with Crippen molar-refractivity contribution in [2.24, 2.45) is 29.4 Å². The molecule has 55 heavy (non-hydrogen) atoms. The van der Waals surface area contributed by atoms with E-state index in [1.165, 1.54) is 171 Å². The normalized spacial score (nSPS) is 14.0. The Kier molecular flexibility index (Phi) is 29.7. The molecule has 0 fully saturated rings. The molecule has 0 saturated carbocycles. The third-order valence-electron chi connectivity index (χ3n) is 12.2. The van der Waals surface area contributed by atoms with Crippen molar-refractivity contribution in [3.8, 4) is 16.9 Å². The second-order valence-electron chi connectivity index (χ2n) is 18.4. The molecule has 0 aliphatic carbocycles. The Morgan fingerprint density at radius 1 is 0.418 bits per heavy atom. The number of hydrogen-bond acceptors (Lipinski definition) is 3. The summed E-state index contributed by atoms with van der Waals surface area (Å²) >= 11 is 0. The summed E-state index contributed by atoms with van der Waals surface area (Å²) in [7, 11) is 0. The SMILES string of the molecule is Cc1ccc(-c2ccc(OCCCCCCCCCCCCCCCCCC(CN)OCCC(C)CCCC(C)CCCC(C)CCCC(C)C)cc2)cc1. The van der Waals surface area contributed by atoms with Crippen LogP contribution in [-0.4, -0.2) is 25.9 Å². The molecule has 316 valence electrons. The van der Waals surface area contributed by atoms with Crippen molar-refractivity contribution in [2.45, 2.75) is 215 Å². The fraction of sp³-hybridized carbons (Fsp3) is 0.769. The zero-order valence-electron chi connectivity index (χ0n) is 37.4. The number of rotatable bonds is 37. The first-order valence-electron chi connectivity index (χ1n) is 23.9. The Balaban J connectivity index is 1.30. The highest BCUT2D eigenvalue weighted by molar-refractivity contribution is 5.64. The maximum absolute atomic E-state index is 6.24. The van der Waals surface area contributed by atoms with Crippen LogP contribution < -0.4 is 10.5 Å². The lowest BCUT2D eigenvalue weighted by molar-refractivity contribution is 0.0433. The Morgan fingerprint density at radius 3 is 1.27 bits per heavy atom. The molecule has 2 rings (SSSR count). The smallest absolute Gasteiger partial charge is 0.119 e. The van der Waals surface area contributed by atoms with Crippen LogP contribution in [0.1, 0.15) is 207 Å². The lowest BCUT2D eigenvalue weighted by atomic mass is 9.91. The Labute approximate surface area is 343 Å². The topological polar surface area (TPSA) is 44.5 Å². The second-order valence-corrected chi connectivity index (χ2v) is 18.4. The number of aryl methyl sites for hydroxylation is 1. The fourth-order valence-electron chi connectivity index (χ4n) is 8.09. The van der Waals surface area contributed by atoms with E-state index in [1.807, 2.05) is 0 Å². The van der Waals surface area contributed by atoms with Crippen molar-refractivity contribution in [1.29, 1.82) is 0 Å². The molecule has 0 bridgehead atoms. The van der Waals surface area contributed by atoms with Crippen LogP contribution in [0, 0.1) is 30.6 Å². The van der Waals surface area contributed by atoms with Gasteiger partial charge in [-0.15, -0.1) is 0 Å². The van der Waals surface area contributed by atoms with Crippen LogP contribution in [0.4, 0.5) is 0 Å². The van der Waals surface area contributed by atoms with Gasteiger partial charge in [0.2, 0.25) is 0 Å². The molecule has 4 atom stereocenters. The van der Waals surface area contributed by atoms with E-state index in [2.05, 4.69) is 90.1 Å². The van der Waals surface area contributed by atoms with Crippen LogP contribution in [-0.2, 0) is 4.74 Å². The summed E-state index contributed by atoms with van der Waals surface area (Å²) in [5.74, 6) is 4.38. The maximum atomic E-state index is 6.24. The maximum Gasteiger partial charge on any atom is 0.119 e. The summed E-state index contributed by atoms with van der Waals surface area (Å²) in [6.07, 6.45) is 35.5. The van der Waals surface area contributed by atoms with Gasteiger partial charge in [-0.25, -0.2) is 0 Å². The molecule has 0 radical (unpaired) electrons. The minimum atomic E-state index is 0.257. The highest BCUT2D eigenvalue weighted by atomic mass is 16.5. The predicted molar refractivity (Wildman–Crippen MR) is 243 cm³/mol. The van der Waals surface area contributed by atoms with E-state index in [0.717, 1.165) is 55.5 Å². The Hall–Kier alpha value is -1.84. The summed E-state index contributed by atoms with van der Waals surface area (Å²) in [6.45, 7) is 16.6. The molecule has 3 heteroatoms. The molecule has 3 nitrogen and oxygen atoms in total. The quantitative estimate of drug-likeness (QED) is 0.0697. The molecule has 0 heterocycles. The van der Waals surface area contributed by atoms with Gasteiger partial charge in [0.05, 0.1) is 12.7 Å². The Morgan fingerprint density at radius 2 is 0.818 bits per heavy atom. The van der Waals surface area contributed by atoms with Crippen molar-refractivity contribution < 1.29 is 9.47 Å². The van der Waals surface area contributed by atoms with E-state index in [-0.39, 0.29) is 6.10 Å². The standard InChI is InChI=1S/C52H91NO2/c1-44(2)25-22-26-45(3)27-23-28-46(4)29-24-30-47(5)40-42-55-52(43-53)31-20-18-16-14-12-10-8-7-9-11-13-15-17-19-21-41-54-51-38-36-50(37-39-51)49-34-32-48(6)33-35-49/h32-39,44-47,52H,7-31,40-43,53H2,1-6H3. The first-order valence-corrected chi connectivity index (χ1v) is 23.9. The predicted octanol–water partition coefficient (Wildman–Crippen LogP) is 16.1. The van der Waals surface area contributed by atoms with Gasteiger partial charge in [0, 0.05) is 13.2 Å². The largest absolute Gasteiger partial charge is 0.494 e. The summed E-state index contributed by atoms with van der Waals surface area (Å²) in [5.41, 5.74) is 9.88. The van der Waals surface area contributed by atoms with Crippen LogP contribution in [0.3, 0.4) is 0 Å². The van der Waals surface area contributed by atoms with Gasteiger partial charge in [-0.3, -0.25) is 0 Å². The first-order chi connectivity index (χ1) is 26.8. The van der Waals surface area contributed by atoms with Gasteiger partial charge in [0.15, 0.2) is 0 Å². The van der Waals surface area contributed by atoms with Crippen molar-refractivity contribution in [3.05, 3.63) is 54.1 Å². The van der Waals surface area contributed by atoms with Gasteiger partial charge in [0.25, 0.3) is 0 Å². The molecule has 0 aliphatic heterocycles. The average molecular weight is 762 g/mol. The summed E-state index contributed by atoms with van der Waals surface area (Å²) in [6, 6.07) is 17.2. The molecule has 0 aliphatic rings. The van der Waals surface area contributed by atoms with Crippen molar-refractivity contribution in [2.75, 3.05) is 19.8 Å². The van der Waals surface area contributed by atoms with Crippen molar-refractivity contribution in [1.82, 2.24) is 0 Å². The molecule has 4 unspecified atom stereocenters. The lowest BCUT2D eigenvalue weighted by Crippen LogP contribution is -2.24. The summed E-state index contributed by atoms with van der Waals surface area (Å²) in [4.78, 5) is 0. The lowest BCUT2D eigenvalue weighted by Gasteiger charge is -2.19. The highest BCUT2D eigenvalue weighted by Crippen LogP contribution is 2.25. The van der Waals surface area contributed by atoms with Crippen molar-refractivity contribution >= 4 is 0 Å². The van der Waals surface area contributed by atoms with Crippen LogP contribution in [0.15, 0.2) is 48.5 Å². The molecular formula is C52H91NO2. The third-order valence-corrected chi connectivity index (χ3v) is 12.2. The number of nitrogens with two attached hydrogens (primary N) is 1. The molecule has 0 saturated heterocycles. The highest BCUT2D eigenvalue weighted by Gasteiger charge is 2.11. The Bertz CT molecular complexity index is 1110. The monoisotopic (exact) mass is 762 g/mol. The number of hydrogen-bond donors (Lipinski definition) is 1. The van der Waals surface area contributed by atoms with Gasteiger partial charge in [-0.05, 0) is 73.1 Å². The van der Waals surface area contributed by atoms with E-state index >= 15 is 0 Å². The van der Waals surface area contributed by atoms with Gasteiger partial charge in [-0.1, -0.05) is 224 Å². The number of ether oxygens (including phenoxy) is 2. The zero-order chi connectivity index (χ0) is 39.8. The molecule has 2 aromatic carbocycles. The molecular weight excluding hydrogens is 671 g/mol. The van der Waals surface area contributed by atoms with Crippen LogP contribution in [0.5, 0.6) is 5.75 Å². The fourth-order valence-corrected chi connectivity index (χ4v) is 8.09. The second kappa shape index (κ2) is 33.2. The van der Waals surface area contributed by atoms with Gasteiger partial charge >= 0.3 is 0 Å². The van der Waals surface area contributed by atoms with Crippen LogP contribution in [0.25, 0.3) is 11.1 Å². The van der Waals surface area contributed by atoms with Gasteiger partial charge in [0.1, 0.15) is 5.75 Å². The molecule has 0 spiro atoms. The van der Waals surface area contributed by atoms with E-state index in [0.29, 0.717) is 6.54 Å². The minimum Gasteiger partial charge on any atom is -0.494 e. The van der Waals surface area contributed by atoms with E-state index in [9.17, 15) is 0 Å².